The van der Waals surface area contributed by atoms with E-state index in [1.165, 1.54) is 6.07 Å². The highest BCUT2D eigenvalue weighted by Crippen LogP contribution is 2.35. The molecule has 5 heteroatoms. The number of piperidine rings is 1. The summed E-state index contributed by atoms with van der Waals surface area (Å²) in [4.78, 5) is 0. The smallest absolute Gasteiger partial charge is 0.146 e. The predicted molar refractivity (Wildman–Crippen MR) is 95.2 cm³/mol. The number of nitriles is 1. The molecule has 124 valence electrons. The Bertz CT molecular complexity index is 760. The van der Waals surface area contributed by atoms with Crippen LogP contribution in [0.2, 0.25) is 0 Å². The molecule has 4 nitrogen and oxygen atoms in total. The van der Waals surface area contributed by atoms with Crippen LogP contribution in [0.5, 0.6) is 0 Å². The molecule has 24 heavy (non-hydrogen) atoms. The molecule has 0 radical (unpaired) electrons. The zero-order chi connectivity index (χ0) is 16.9. The van der Waals surface area contributed by atoms with Crippen LogP contribution in [0.15, 0.2) is 36.4 Å². The number of nitrogens with one attached hydrogen (secondary N) is 3. The zero-order valence-electron chi connectivity index (χ0n) is 13.7. The normalized spacial score (nSPS) is 17.1. The Morgan fingerprint density at radius 1 is 1.29 bits per heavy atom. The van der Waals surface area contributed by atoms with E-state index < -0.39 is 0 Å². The molecule has 0 aromatic heterocycles. The molecule has 3 rings (SSSR count). The van der Waals surface area contributed by atoms with Crippen molar-refractivity contribution in [3.8, 4) is 6.07 Å². The Morgan fingerprint density at radius 3 is 2.79 bits per heavy atom. The van der Waals surface area contributed by atoms with Gasteiger partial charge in [-0.1, -0.05) is 12.1 Å². The molecule has 1 aliphatic rings. The van der Waals surface area contributed by atoms with Gasteiger partial charge in [-0.15, -0.1) is 0 Å². The summed E-state index contributed by atoms with van der Waals surface area (Å²) in [6.07, 6.45) is 2.19. The molecule has 0 saturated carbocycles. The minimum absolute atomic E-state index is 0.311. The van der Waals surface area contributed by atoms with E-state index in [1.54, 1.807) is 24.3 Å². The van der Waals surface area contributed by atoms with Gasteiger partial charge in [0.15, 0.2) is 0 Å². The Labute approximate surface area is 141 Å². The third kappa shape index (κ3) is 3.34. The van der Waals surface area contributed by atoms with Gasteiger partial charge in [-0.25, -0.2) is 4.39 Å². The molecule has 1 fully saturated rings. The molecule has 1 atom stereocenters. The van der Waals surface area contributed by atoms with Crippen LogP contribution in [-0.4, -0.2) is 20.1 Å². The van der Waals surface area contributed by atoms with E-state index in [1.807, 2.05) is 13.1 Å². The first-order valence-corrected chi connectivity index (χ1v) is 8.21. The van der Waals surface area contributed by atoms with Gasteiger partial charge in [0.2, 0.25) is 0 Å². The molecule has 0 spiro atoms. The summed E-state index contributed by atoms with van der Waals surface area (Å²) in [6, 6.07) is 12.6. The number of nitrogens with zero attached hydrogens (tertiary/aromatic N) is 1. The molecule has 1 aliphatic heterocycles. The average molecular weight is 324 g/mol. The minimum atomic E-state index is -0.311. The fourth-order valence-corrected chi connectivity index (χ4v) is 3.26. The van der Waals surface area contributed by atoms with E-state index in [-0.39, 0.29) is 5.82 Å². The lowest BCUT2D eigenvalue weighted by Crippen LogP contribution is -2.29. The highest BCUT2D eigenvalue weighted by molar-refractivity contribution is 5.72. The second kappa shape index (κ2) is 7.33. The first-order valence-electron chi connectivity index (χ1n) is 8.21. The lowest BCUT2D eigenvalue weighted by atomic mass is 9.88. The van der Waals surface area contributed by atoms with E-state index in [0.29, 0.717) is 17.2 Å². The zero-order valence-corrected chi connectivity index (χ0v) is 13.7. The number of hydrogen-bond donors (Lipinski definition) is 3. The van der Waals surface area contributed by atoms with Crippen LogP contribution < -0.4 is 16.0 Å². The number of halogens is 1. The minimum Gasteiger partial charge on any atom is -0.387 e. The van der Waals surface area contributed by atoms with Crippen molar-refractivity contribution in [2.24, 2.45) is 0 Å². The summed E-state index contributed by atoms with van der Waals surface area (Å²) in [5, 5.41) is 19.2. The highest BCUT2D eigenvalue weighted by Gasteiger charge is 2.21. The standard InChI is InChI=1S/C19H21FN4/c1-22-19-14(11-21)9-15(24-18-7-3-2-6-17(18)20)10-16(19)13-5-4-8-23-12-13/h2-3,6-7,9-10,13,22-24H,4-5,8,12H2,1H3. The van der Waals surface area contributed by atoms with E-state index >= 15 is 0 Å². The summed E-state index contributed by atoms with van der Waals surface area (Å²) >= 11 is 0. The second-order valence-corrected chi connectivity index (χ2v) is 6.00. The van der Waals surface area contributed by atoms with Crippen LogP contribution in [0.1, 0.15) is 29.9 Å². The predicted octanol–water partition coefficient (Wildman–Crippen LogP) is 3.95. The summed E-state index contributed by atoms with van der Waals surface area (Å²) in [7, 11) is 1.83. The third-order valence-corrected chi connectivity index (χ3v) is 4.43. The molecule has 2 aromatic carbocycles. The van der Waals surface area contributed by atoms with Crippen LogP contribution in [0.25, 0.3) is 0 Å². The fourth-order valence-electron chi connectivity index (χ4n) is 3.26. The summed E-state index contributed by atoms with van der Waals surface area (Å²) in [5.41, 5.74) is 3.68. The van der Waals surface area contributed by atoms with Crippen molar-refractivity contribution in [3.05, 3.63) is 53.3 Å². The van der Waals surface area contributed by atoms with Crippen LogP contribution in [-0.2, 0) is 0 Å². The maximum Gasteiger partial charge on any atom is 0.146 e. The summed E-state index contributed by atoms with van der Waals surface area (Å²) < 4.78 is 13.9. The maximum atomic E-state index is 13.9. The number of benzene rings is 2. The number of anilines is 3. The number of rotatable bonds is 4. The van der Waals surface area contributed by atoms with Crippen molar-refractivity contribution in [2.75, 3.05) is 30.8 Å². The highest BCUT2D eigenvalue weighted by atomic mass is 19.1. The molecule has 0 bridgehead atoms. The van der Waals surface area contributed by atoms with Crippen molar-refractivity contribution < 1.29 is 4.39 Å². The second-order valence-electron chi connectivity index (χ2n) is 6.00. The largest absolute Gasteiger partial charge is 0.387 e. The van der Waals surface area contributed by atoms with Crippen molar-refractivity contribution in [3.63, 3.8) is 0 Å². The summed E-state index contributed by atoms with van der Waals surface area (Å²) in [5.74, 6) is 0.0326. The average Bonchev–Trinajstić information content (AvgIpc) is 2.63. The Balaban J connectivity index is 2.01. The van der Waals surface area contributed by atoms with Crippen molar-refractivity contribution >= 4 is 17.1 Å². The van der Waals surface area contributed by atoms with Gasteiger partial charge < -0.3 is 16.0 Å². The van der Waals surface area contributed by atoms with Crippen molar-refractivity contribution in [1.82, 2.24) is 5.32 Å². The number of hydrogen-bond acceptors (Lipinski definition) is 4. The molecule has 1 saturated heterocycles. The SMILES string of the molecule is CNc1c(C#N)cc(Nc2ccccc2F)cc1C1CCCNC1. The van der Waals surface area contributed by atoms with Gasteiger partial charge in [-0.05, 0) is 55.1 Å². The van der Waals surface area contributed by atoms with Gasteiger partial charge >= 0.3 is 0 Å². The van der Waals surface area contributed by atoms with E-state index in [2.05, 4.69) is 22.0 Å². The van der Waals surface area contributed by atoms with Crippen LogP contribution in [0.4, 0.5) is 21.5 Å². The quantitative estimate of drug-likeness (QED) is 0.797. The summed E-state index contributed by atoms with van der Waals surface area (Å²) in [6.45, 7) is 1.92. The molecular weight excluding hydrogens is 303 g/mol. The Morgan fingerprint density at radius 2 is 2.12 bits per heavy atom. The third-order valence-electron chi connectivity index (χ3n) is 4.43. The van der Waals surface area contributed by atoms with E-state index in [4.69, 9.17) is 0 Å². The lowest BCUT2D eigenvalue weighted by Gasteiger charge is -2.26. The first kappa shape index (κ1) is 16.3. The van der Waals surface area contributed by atoms with Gasteiger partial charge in [-0.2, -0.15) is 5.26 Å². The molecule has 1 unspecified atom stereocenters. The van der Waals surface area contributed by atoms with Crippen LogP contribution in [0, 0.1) is 17.1 Å². The molecule has 0 amide bonds. The van der Waals surface area contributed by atoms with Gasteiger partial charge in [-0.3, -0.25) is 0 Å². The molecule has 2 aromatic rings. The van der Waals surface area contributed by atoms with Crippen molar-refractivity contribution in [1.29, 1.82) is 5.26 Å². The van der Waals surface area contributed by atoms with E-state index in [9.17, 15) is 9.65 Å². The monoisotopic (exact) mass is 324 g/mol. The van der Waals surface area contributed by atoms with Gasteiger partial charge in [0.1, 0.15) is 11.9 Å². The van der Waals surface area contributed by atoms with Crippen molar-refractivity contribution in [2.45, 2.75) is 18.8 Å². The van der Waals surface area contributed by atoms with Crippen LogP contribution in [0.3, 0.4) is 0 Å². The van der Waals surface area contributed by atoms with Crippen LogP contribution >= 0.6 is 0 Å². The molecule has 0 aliphatic carbocycles. The molecule has 3 N–H and O–H groups in total. The van der Waals surface area contributed by atoms with Gasteiger partial charge in [0.25, 0.3) is 0 Å². The topological polar surface area (TPSA) is 59.9 Å². The van der Waals surface area contributed by atoms with Gasteiger partial charge in [0.05, 0.1) is 16.9 Å². The fraction of sp³-hybridized carbons (Fsp3) is 0.316. The molecule has 1 heterocycles. The Kier molecular flexibility index (Phi) is 4.97. The maximum absolute atomic E-state index is 13.9. The van der Waals surface area contributed by atoms with Gasteiger partial charge in [0, 0.05) is 19.3 Å². The van der Waals surface area contributed by atoms with E-state index in [0.717, 1.165) is 42.9 Å². The number of para-hydroxylation sites is 1. The first-order chi connectivity index (χ1) is 11.7. The molecular formula is C19H21FN4. The lowest BCUT2D eigenvalue weighted by molar-refractivity contribution is 0.462. The Hall–Kier alpha value is -2.58.